The molecule has 0 radical (unpaired) electrons. The van der Waals surface area contributed by atoms with E-state index in [1.807, 2.05) is 6.20 Å². The third kappa shape index (κ3) is 2.39. The lowest BCUT2D eigenvalue weighted by Crippen LogP contribution is -2.24. The first-order valence-corrected chi connectivity index (χ1v) is 6.70. The fourth-order valence-electron chi connectivity index (χ4n) is 2.60. The Bertz CT molecular complexity index is 335. The molecule has 0 atom stereocenters. The van der Waals surface area contributed by atoms with Crippen LogP contribution in [0.5, 0.6) is 0 Å². The van der Waals surface area contributed by atoms with Crippen molar-refractivity contribution in [2.24, 2.45) is 5.92 Å². The molecule has 2 fully saturated rings. The lowest BCUT2D eigenvalue weighted by molar-refractivity contribution is 0.457. The van der Waals surface area contributed by atoms with E-state index in [-0.39, 0.29) is 0 Å². The SMILES string of the molecule is c1cc(NC2CCCCC2)n(CC2CC2)n1. The minimum absolute atomic E-state index is 0.684. The molecule has 0 amide bonds. The molecule has 0 saturated heterocycles. The lowest BCUT2D eigenvalue weighted by atomic mass is 9.95. The first-order chi connectivity index (χ1) is 7.92. The van der Waals surface area contributed by atoms with E-state index in [9.17, 15) is 0 Å². The summed E-state index contributed by atoms with van der Waals surface area (Å²) < 4.78 is 2.16. The zero-order chi connectivity index (χ0) is 10.8. The third-order valence-electron chi connectivity index (χ3n) is 3.80. The number of rotatable bonds is 4. The molecule has 2 saturated carbocycles. The van der Waals surface area contributed by atoms with E-state index in [1.165, 1.54) is 50.8 Å². The molecule has 1 N–H and O–H groups in total. The highest BCUT2D eigenvalue weighted by atomic mass is 15.3. The van der Waals surface area contributed by atoms with Crippen LogP contribution in [0.4, 0.5) is 5.82 Å². The van der Waals surface area contributed by atoms with Gasteiger partial charge in [0.15, 0.2) is 0 Å². The quantitative estimate of drug-likeness (QED) is 0.843. The number of nitrogens with zero attached hydrogens (tertiary/aromatic N) is 2. The first-order valence-electron chi connectivity index (χ1n) is 6.70. The molecule has 3 rings (SSSR count). The van der Waals surface area contributed by atoms with Crippen molar-refractivity contribution in [1.82, 2.24) is 9.78 Å². The topological polar surface area (TPSA) is 29.9 Å². The summed E-state index contributed by atoms with van der Waals surface area (Å²) in [5, 5.41) is 8.08. The van der Waals surface area contributed by atoms with Crippen molar-refractivity contribution in [3.8, 4) is 0 Å². The van der Waals surface area contributed by atoms with Crippen LogP contribution in [-0.4, -0.2) is 15.8 Å². The maximum Gasteiger partial charge on any atom is 0.124 e. The minimum atomic E-state index is 0.684. The minimum Gasteiger partial charge on any atom is -0.368 e. The Morgan fingerprint density at radius 3 is 2.75 bits per heavy atom. The molecular formula is C13H21N3. The Balaban J connectivity index is 1.61. The van der Waals surface area contributed by atoms with Crippen molar-refractivity contribution in [2.45, 2.75) is 57.5 Å². The van der Waals surface area contributed by atoms with Crippen molar-refractivity contribution < 1.29 is 0 Å². The van der Waals surface area contributed by atoms with Crippen LogP contribution >= 0.6 is 0 Å². The van der Waals surface area contributed by atoms with Crippen LogP contribution in [0.25, 0.3) is 0 Å². The molecule has 0 aliphatic heterocycles. The third-order valence-corrected chi connectivity index (χ3v) is 3.80. The fraction of sp³-hybridized carbons (Fsp3) is 0.769. The average molecular weight is 219 g/mol. The Hall–Kier alpha value is -0.990. The molecule has 3 nitrogen and oxygen atoms in total. The molecule has 2 aliphatic carbocycles. The fourth-order valence-corrected chi connectivity index (χ4v) is 2.60. The van der Waals surface area contributed by atoms with Crippen LogP contribution in [-0.2, 0) is 6.54 Å². The maximum atomic E-state index is 4.42. The molecule has 0 bridgehead atoms. The number of hydrogen-bond acceptors (Lipinski definition) is 2. The monoisotopic (exact) mass is 219 g/mol. The molecular weight excluding hydrogens is 198 g/mol. The Morgan fingerprint density at radius 1 is 1.19 bits per heavy atom. The molecule has 3 heteroatoms. The smallest absolute Gasteiger partial charge is 0.124 e. The molecule has 1 heterocycles. The van der Waals surface area contributed by atoms with Gasteiger partial charge < -0.3 is 5.32 Å². The van der Waals surface area contributed by atoms with Gasteiger partial charge in [-0.15, -0.1) is 0 Å². The van der Waals surface area contributed by atoms with Crippen LogP contribution in [0, 0.1) is 5.92 Å². The number of aromatic nitrogens is 2. The van der Waals surface area contributed by atoms with Gasteiger partial charge in [-0.1, -0.05) is 19.3 Å². The molecule has 0 unspecified atom stereocenters. The number of nitrogens with one attached hydrogen (secondary N) is 1. The molecule has 0 spiro atoms. The van der Waals surface area contributed by atoms with Gasteiger partial charge in [0, 0.05) is 18.7 Å². The summed E-state index contributed by atoms with van der Waals surface area (Å²) in [6, 6.07) is 2.81. The summed E-state index contributed by atoms with van der Waals surface area (Å²) in [4.78, 5) is 0. The van der Waals surface area contributed by atoms with E-state index in [1.54, 1.807) is 0 Å². The molecule has 0 aromatic carbocycles. The second kappa shape index (κ2) is 4.48. The molecule has 16 heavy (non-hydrogen) atoms. The summed E-state index contributed by atoms with van der Waals surface area (Å²) in [6.07, 6.45) is 11.5. The van der Waals surface area contributed by atoms with Gasteiger partial charge in [-0.25, -0.2) is 4.68 Å². The van der Waals surface area contributed by atoms with Crippen molar-refractivity contribution in [2.75, 3.05) is 5.32 Å². The van der Waals surface area contributed by atoms with Gasteiger partial charge in [-0.3, -0.25) is 0 Å². The molecule has 1 aromatic heterocycles. The van der Waals surface area contributed by atoms with Gasteiger partial charge >= 0.3 is 0 Å². The lowest BCUT2D eigenvalue weighted by Gasteiger charge is -2.24. The van der Waals surface area contributed by atoms with E-state index in [4.69, 9.17) is 0 Å². The highest BCUT2D eigenvalue weighted by Gasteiger charge is 2.23. The van der Waals surface area contributed by atoms with Gasteiger partial charge in [0.25, 0.3) is 0 Å². The van der Waals surface area contributed by atoms with E-state index >= 15 is 0 Å². The largest absolute Gasteiger partial charge is 0.368 e. The van der Waals surface area contributed by atoms with Crippen molar-refractivity contribution in [3.63, 3.8) is 0 Å². The zero-order valence-corrected chi connectivity index (χ0v) is 9.86. The van der Waals surface area contributed by atoms with Crippen LogP contribution in [0.15, 0.2) is 12.3 Å². The predicted octanol–water partition coefficient (Wildman–Crippen LogP) is 3.04. The summed E-state index contributed by atoms with van der Waals surface area (Å²) >= 11 is 0. The molecule has 1 aromatic rings. The standard InChI is InChI=1S/C13H21N3/c1-2-4-12(5-3-1)15-13-8-9-14-16(13)10-11-6-7-11/h8-9,11-12,15H,1-7,10H2. The summed E-state index contributed by atoms with van der Waals surface area (Å²) in [7, 11) is 0. The Morgan fingerprint density at radius 2 is 2.00 bits per heavy atom. The highest BCUT2D eigenvalue weighted by molar-refractivity contribution is 5.35. The van der Waals surface area contributed by atoms with Gasteiger partial charge in [-0.2, -0.15) is 5.10 Å². The number of anilines is 1. The first kappa shape index (κ1) is 10.2. The highest BCUT2D eigenvalue weighted by Crippen LogP contribution is 2.31. The van der Waals surface area contributed by atoms with Crippen LogP contribution < -0.4 is 5.32 Å². The Kier molecular flexibility index (Phi) is 2.85. The van der Waals surface area contributed by atoms with Gasteiger partial charge in [0.2, 0.25) is 0 Å². The predicted molar refractivity (Wildman–Crippen MR) is 65.4 cm³/mol. The summed E-state index contributed by atoms with van der Waals surface area (Å²) in [5.41, 5.74) is 0. The van der Waals surface area contributed by atoms with Crippen LogP contribution in [0.2, 0.25) is 0 Å². The van der Waals surface area contributed by atoms with Crippen molar-refractivity contribution in [1.29, 1.82) is 0 Å². The molecule has 2 aliphatic rings. The number of hydrogen-bond donors (Lipinski definition) is 1. The zero-order valence-electron chi connectivity index (χ0n) is 9.86. The second-order valence-corrected chi connectivity index (χ2v) is 5.32. The van der Waals surface area contributed by atoms with Gasteiger partial charge in [-0.05, 0) is 31.6 Å². The maximum absolute atomic E-state index is 4.42. The normalized spacial score (nSPS) is 22.2. The van der Waals surface area contributed by atoms with E-state index < -0.39 is 0 Å². The molecule has 88 valence electrons. The van der Waals surface area contributed by atoms with Gasteiger partial charge in [0.1, 0.15) is 5.82 Å². The van der Waals surface area contributed by atoms with Gasteiger partial charge in [0.05, 0.1) is 6.20 Å². The van der Waals surface area contributed by atoms with Crippen molar-refractivity contribution >= 4 is 5.82 Å². The van der Waals surface area contributed by atoms with E-state index in [0.29, 0.717) is 6.04 Å². The van der Waals surface area contributed by atoms with Crippen molar-refractivity contribution in [3.05, 3.63) is 12.3 Å². The summed E-state index contributed by atoms with van der Waals surface area (Å²) in [5.74, 6) is 2.13. The van der Waals surface area contributed by atoms with Crippen LogP contribution in [0.3, 0.4) is 0 Å². The average Bonchev–Trinajstić information content (AvgIpc) is 3.02. The van der Waals surface area contributed by atoms with Crippen LogP contribution in [0.1, 0.15) is 44.9 Å². The van der Waals surface area contributed by atoms with E-state index in [2.05, 4.69) is 21.2 Å². The summed E-state index contributed by atoms with van der Waals surface area (Å²) in [6.45, 7) is 1.11. The second-order valence-electron chi connectivity index (χ2n) is 5.32. The van der Waals surface area contributed by atoms with E-state index in [0.717, 1.165) is 12.5 Å². The Labute approximate surface area is 97.2 Å².